The summed E-state index contributed by atoms with van der Waals surface area (Å²) in [5.74, 6) is 2.46. The molecule has 0 N–H and O–H groups in total. The van der Waals surface area contributed by atoms with Crippen LogP contribution in [0.4, 0.5) is 5.82 Å². The largest absolute Gasteiger partial charge is 1.00 e. The van der Waals surface area contributed by atoms with Crippen LogP contribution in [0, 0.1) is 12.6 Å². The number of allylic oxidation sites excluding steroid dienone is 4. The van der Waals surface area contributed by atoms with Crippen molar-refractivity contribution in [3.63, 3.8) is 0 Å². The second-order valence-electron chi connectivity index (χ2n) is 10.7. The first-order chi connectivity index (χ1) is 13.6. The van der Waals surface area contributed by atoms with Gasteiger partial charge in [0.25, 0.3) is 0 Å². The van der Waals surface area contributed by atoms with Gasteiger partial charge in [0.05, 0.1) is 0 Å². The van der Waals surface area contributed by atoms with E-state index < -0.39 is 0 Å². The Morgan fingerprint density at radius 2 is 1.22 bits per heavy atom. The van der Waals surface area contributed by atoms with Crippen molar-refractivity contribution in [1.82, 2.24) is 9.88 Å². The molecule has 1 aliphatic carbocycles. The van der Waals surface area contributed by atoms with Crippen LogP contribution in [-0.4, -0.2) is 16.9 Å². The van der Waals surface area contributed by atoms with Gasteiger partial charge in [-0.15, -0.1) is 0 Å². The molecule has 5 heteroatoms. The maximum Gasteiger partial charge on any atom is 0.147 e. The molecule has 32 heavy (non-hydrogen) atoms. The number of rotatable bonds is 1. The van der Waals surface area contributed by atoms with Crippen molar-refractivity contribution in [1.29, 1.82) is 0 Å². The fraction of sp³-hybridized carbons (Fsp3) is 0.519. The summed E-state index contributed by atoms with van der Waals surface area (Å²) in [7, 11) is 2.02. The zero-order valence-corrected chi connectivity index (χ0v) is 25.1. The van der Waals surface area contributed by atoms with E-state index in [4.69, 9.17) is 4.98 Å². The summed E-state index contributed by atoms with van der Waals surface area (Å²) in [5, 5.41) is 0. The third-order valence-electron chi connectivity index (χ3n) is 6.29. The summed E-state index contributed by atoms with van der Waals surface area (Å²) in [5.41, 5.74) is 8.49. The standard InChI is InChI=1S/C17H26N3.C10H15.ClH.Ir/c1-16(2,3)13-10-14(17(4,5)6)18-15(11-13)20-9-8-19(7)12-20;1-6-7(2)9(4)10(5)8(6)3;;/h8-12H,1-7H3;1-5H3;1H;/p-1. The molecule has 0 atom stereocenters. The summed E-state index contributed by atoms with van der Waals surface area (Å²) in [6, 6.07) is 4.43. The summed E-state index contributed by atoms with van der Waals surface area (Å²) >= 11 is 0. The van der Waals surface area contributed by atoms with Gasteiger partial charge in [-0.3, -0.25) is 0 Å². The molecule has 0 fully saturated rings. The molecule has 0 aromatic carbocycles. The number of halogens is 1. The maximum absolute atomic E-state index is 4.85. The van der Waals surface area contributed by atoms with Gasteiger partial charge in [0.1, 0.15) is 12.5 Å². The third kappa shape index (κ3) is 7.20. The fourth-order valence-corrected chi connectivity index (χ4v) is 3.46. The predicted molar refractivity (Wildman–Crippen MR) is 131 cm³/mol. The van der Waals surface area contributed by atoms with E-state index in [1.165, 1.54) is 33.8 Å². The number of anilines is 1. The molecule has 181 valence electrons. The summed E-state index contributed by atoms with van der Waals surface area (Å²) in [6.07, 6.45) is 4.07. The molecule has 1 aromatic rings. The molecule has 0 bridgehead atoms. The minimum absolute atomic E-state index is 0. The number of hydrogen-bond acceptors (Lipinski definition) is 3. The summed E-state index contributed by atoms with van der Waals surface area (Å²) in [4.78, 5) is 8.96. The van der Waals surface area contributed by atoms with Crippen LogP contribution in [0.15, 0.2) is 46.8 Å². The zero-order chi connectivity index (χ0) is 23.0. The monoisotopic (exact) mass is 635 g/mol. The van der Waals surface area contributed by atoms with Crippen LogP contribution in [0.1, 0.15) is 87.4 Å². The van der Waals surface area contributed by atoms with E-state index in [-0.39, 0.29) is 43.3 Å². The Balaban J connectivity index is 0.000000683. The summed E-state index contributed by atoms with van der Waals surface area (Å²) in [6.45, 7) is 26.4. The molecular weight excluding hydrogens is 594 g/mol. The third-order valence-corrected chi connectivity index (χ3v) is 6.29. The molecule has 3 radical (unpaired) electrons. The van der Waals surface area contributed by atoms with Crippen molar-refractivity contribution in [2.75, 3.05) is 11.9 Å². The molecular formula is C27H41ClIrN3-. The molecule has 2 aliphatic rings. The van der Waals surface area contributed by atoms with Crippen LogP contribution >= 0.6 is 0 Å². The van der Waals surface area contributed by atoms with Crippen molar-refractivity contribution in [3.8, 4) is 0 Å². The van der Waals surface area contributed by atoms with Gasteiger partial charge in [-0.25, -0.2) is 4.98 Å². The second-order valence-corrected chi connectivity index (χ2v) is 10.7. The van der Waals surface area contributed by atoms with E-state index in [2.05, 4.69) is 93.2 Å². The Labute approximate surface area is 217 Å². The minimum Gasteiger partial charge on any atom is -1.00 e. The van der Waals surface area contributed by atoms with Gasteiger partial charge in [0, 0.05) is 56.6 Å². The molecule has 1 aliphatic heterocycles. The second kappa shape index (κ2) is 11.4. The molecule has 0 unspecified atom stereocenters. The fourth-order valence-electron chi connectivity index (χ4n) is 3.46. The first-order valence-corrected chi connectivity index (χ1v) is 10.9. The van der Waals surface area contributed by atoms with Crippen molar-refractivity contribution < 1.29 is 32.5 Å². The average Bonchev–Trinajstić information content (AvgIpc) is 3.15. The van der Waals surface area contributed by atoms with Crippen LogP contribution in [0.3, 0.4) is 0 Å². The van der Waals surface area contributed by atoms with E-state index >= 15 is 0 Å². The topological polar surface area (TPSA) is 19.4 Å². The van der Waals surface area contributed by atoms with Gasteiger partial charge in [-0.1, -0.05) is 59.6 Å². The van der Waals surface area contributed by atoms with Crippen molar-refractivity contribution >= 4 is 5.82 Å². The molecule has 3 rings (SSSR count). The van der Waals surface area contributed by atoms with Crippen molar-refractivity contribution in [2.24, 2.45) is 0 Å². The van der Waals surface area contributed by atoms with E-state index in [9.17, 15) is 0 Å². The van der Waals surface area contributed by atoms with Crippen LogP contribution in [0.2, 0.25) is 0 Å². The Kier molecular flexibility index (Phi) is 11.0. The molecule has 0 saturated carbocycles. The van der Waals surface area contributed by atoms with E-state index in [1.807, 2.05) is 31.0 Å². The van der Waals surface area contributed by atoms with E-state index in [0.29, 0.717) is 0 Å². The van der Waals surface area contributed by atoms with E-state index in [1.54, 1.807) is 0 Å². The number of pyridine rings is 1. The minimum atomic E-state index is 0. The quantitative estimate of drug-likeness (QED) is 0.460. The predicted octanol–water partition coefficient (Wildman–Crippen LogP) is 4.29. The molecule has 3 nitrogen and oxygen atoms in total. The van der Waals surface area contributed by atoms with Gasteiger partial charge >= 0.3 is 0 Å². The van der Waals surface area contributed by atoms with E-state index in [0.717, 1.165) is 11.5 Å². The first kappa shape index (κ1) is 30.9. The van der Waals surface area contributed by atoms with Crippen LogP contribution in [0.25, 0.3) is 0 Å². The van der Waals surface area contributed by atoms with Crippen molar-refractivity contribution in [2.45, 2.75) is 87.0 Å². The zero-order valence-electron chi connectivity index (χ0n) is 21.9. The van der Waals surface area contributed by atoms with Crippen molar-refractivity contribution in [3.05, 3.63) is 70.7 Å². The Bertz CT molecular complexity index is 829. The Morgan fingerprint density at radius 3 is 1.53 bits per heavy atom. The van der Waals surface area contributed by atoms with Gasteiger partial charge < -0.3 is 22.2 Å². The molecule has 0 saturated heterocycles. The Morgan fingerprint density at radius 1 is 0.719 bits per heavy atom. The number of hydrogen-bond donors (Lipinski definition) is 0. The molecule has 2 heterocycles. The van der Waals surface area contributed by atoms with Gasteiger partial charge in [0.2, 0.25) is 0 Å². The van der Waals surface area contributed by atoms with Gasteiger partial charge in [0.15, 0.2) is 0 Å². The average molecular weight is 635 g/mol. The summed E-state index contributed by atoms with van der Waals surface area (Å²) < 4.78 is 0. The SMILES string of the molecule is CN1[CH]N(c2cc(C(C)(C)C)cc(C(C)(C)C)n2)C=C1.C[C]1C(C)=C(C)C(C)=C1C.[Cl-].[Ir]. The van der Waals surface area contributed by atoms with Crippen LogP contribution in [0.5, 0.6) is 0 Å². The first-order valence-electron chi connectivity index (χ1n) is 10.9. The molecule has 0 spiro atoms. The molecule has 1 aromatic heterocycles. The Hall–Kier alpha value is -1.09. The van der Waals surface area contributed by atoms with Gasteiger partial charge in [-0.2, -0.15) is 0 Å². The maximum atomic E-state index is 4.85. The van der Waals surface area contributed by atoms with Gasteiger partial charge in [-0.05, 0) is 62.0 Å². The molecule has 0 amide bonds. The van der Waals surface area contributed by atoms with Crippen LogP contribution in [-0.2, 0) is 30.9 Å². The normalized spacial score (nSPS) is 16.8. The van der Waals surface area contributed by atoms with Crippen LogP contribution < -0.4 is 17.3 Å². The number of aromatic nitrogens is 1. The number of nitrogens with zero attached hydrogens (tertiary/aromatic N) is 3. The smallest absolute Gasteiger partial charge is 0.147 e.